The van der Waals surface area contributed by atoms with Gasteiger partial charge in [-0.25, -0.2) is 4.98 Å². The summed E-state index contributed by atoms with van der Waals surface area (Å²) in [6.45, 7) is 1.10. The Morgan fingerprint density at radius 2 is 2.14 bits per heavy atom. The molecule has 8 heteroatoms. The smallest absolute Gasteiger partial charge is 0.256 e. The summed E-state index contributed by atoms with van der Waals surface area (Å²) in [4.78, 5) is 22.9. The molecule has 148 valence electrons. The number of H-pyrrole nitrogens is 1. The van der Waals surface area contributed by atoms with Crippen molar-refractivity contribution in [3.63, 3.8) is 0 Å². The Morgan fingerprint density at radius 3 is 2.93 bits per heavy atom. The van der Waals surface area contributed by atoms with Gasteiger partial charge in [0.1, 0.15) is 5.82 Å². The Kier molecular flexibility index (Phi) is 4.09. The van der Waals surface area contributed by atoms with Crippen molar-refractivity contribution in [3.05, 3.63) is 53.7 Å². The van der Waals surface area contributed by atoms with E-state index in [9.17, 15) is 9.18 Å². The zero-order valence-electron chi connectivity index (χ0n) is 16.2. The average molecular weight is 392 g/mol. The third-order valence-corrected chi connectivity index (χ3v) is 5.71. The van der Waals surface area contributed by atoms with Crippen LogP contribution in [0.15, 0.2) is 36.5 Å². The van der Waals surface area contributed by atoms with Crippen LogP contribution >= 0.6 is 0 Å². The lowest BCUT2D eigenvalue weighted by atomic mass is 10.1. The Balaban J connectivity index is 1.41. The van der Waals surface area contributed by atoms with Crippen molar-refractivity contribution in [2.24, 2.45) is 7.05 Å². The number of aromatic amines is 1. The first-order chi connectivity index (χ1) is 14.0. The van der Waals surface area contributed by atoms with E-state index in [2.05, 4.69) is 38.4 Å². The van der Waals surface area contributed by atoms with Crippen molar-refractivity contribution in [2.75, 3.05) is 18.9 Å². The van der Waals surface area contributed by atoms with Crippen LogP contribution in [0.4, 0.5) is 10.2 Å². The third-order valence-electron chi connectivity index (χ3n) is 5.71. The van der Waals surface area contributed by atoms with Gasteiger partial charge in [0.25, 0.3) is 5.91 Å². The maximum atomic E-state index is 13.7. The highest BCUT2D eigenvalue weighted by Gasteiger charge is 2.24. The normalized spacial score (nSPS) is 17.4. The average Bonchev–Trinajstić information content (AvgIpc) is 3.38. The maximum Gasteiger partial charge on any atom is 0.256 e. The molecular weight excluding hydrogens is 371 g/mol. The van der Waals surface area contributed by atoms with Crippen molar-refractivity contribution in [1.82, 2.24) is 24.6 Å². The second-order valence-corrected chi connectivity index (χ2v) is 7.62. The Morgan fingerprint density at radius 1 is 1.28 bits per heavy atom. The molecule has 0 spiro atoms. The molecule has 4 heterocycles. The Labute approximate surface area is 166 Å². The summed E-state index contributed by atoms with van der Waals surface area (Å²) in [5, 5.41) is 7.98. The molecule has 2 N–H and O–H groups in total. The van der Waals surface area contributed by atoms with Crippen LogP contribution in [-0.2, 0) is 7.05 Å². The molecule has 0 aliphatic carbocycles. The summed E-state index contributed by atoms with van der Waals surface area (Å²) in [6, 6.07) is 9.15. The molecule has 5 rings (SSSR count). The standard InChI is InChI=1S/C21H21FN6O/c1-27-7-3-4-17(27)16-8-13-11-23-19(10-15(13)24-16)25-21(29)12-5-6-14-18(9-12)28(2)26-20(14)22/h5-6,8-11,17,24H,3-4,7H2,1-2H3,(H,23,25,29)/t17-/m1/s1. The van der Waals surface area contributed by atoms with Crippen LogP contribution in [0.3, 0.4) is 0 Å². The molecule has 7 nitrogen and oxygen atoms in total. The molecule has 1 amide bonds. The number of likely N-dealkylation sites (tertiary alicyclic amines) is 1. The zero-order chi connectivity index (χ0) is 20.1. The number of fused-ring (bicyclic) bond motifs is 2. The molecule has 0 bridgehead atoms. The maximum absolute atomic E-state index is 13.7. The predicted molar refractivity (Wildman–Crippen MR) is 109 cm³/mol. The van der Waals surface area contributed by atoms with E-state index in [1.165, 1.54) is 16.8 Å². The molecule has 3 aromatic heterocycles. The lowest BCUT2D eigenvalue weighted by Gasteiger charge is -2.17. The first-order valence-corrected chi connectivity index (χ1v) is 9.62. The highest BCUT2D eigenvalue weighted by atomic mass is 19.1. The van der Waals surface area contributed by atoms with Gasteiger partial charge in [-0.15, -0.1) is 5.10 Å². The molecule has 1 aliphatic rings. The fourth-order valence-corrected chi connectivity index (χ4v) is 4.14. The summed E-state index contributed by atoms with van der Waals surface area (Å²) < 4.78 is 15.1. The fraction of sp³-hybridized carbons (Fsp3) is 0.286. The van der Waals surface area contributed by atoms with Crippen LogP contribution in [0.5, 0.6) is 0 Å². The molecule has 0 saturated carbocycles. The van der Waals surface area contributed by atoms with Crippen molar-refractivity contribution < 1.29 is 9.18 Å². The van der Waals surface area contributed by atoms with Gasteiger partial charge in [0.15, 0.2) is 0 Å². The summed E-state index contributed by atoms with van der Waals surface area (Å²) >= 11 is 0. The summed E-state index contributed by atoms with van der Waals surface area (Å²) in [5.41, 5.74) is 3.10. The van der Waals surface area contributed by atoms with E-state index in [1.54, 1.807) is 31.4 Å². The minimum absolute atomic E-state index is 0.303. The molecule has 0 radical (unpaired) electrons. The molecule has 1 aliphatic heterocycles. The van der Waals surface area contributed by atoms with Gasteiger partial charge in [-0.05, 0) is 50.7 Å². The Hall–Kier alpha value is -3.26. The minimum atomic E-state index is -0.544. The van der Waals surface area contributed by atoms with Gasteiger partial charge in [-0.2, -0.15) is 4.39 Å². The van der Waals surface area contributed by atoms with Gasteiger partial charge in [0, 0.05) is 42.0 Å². The number of nitrogens with zero attached hydrogens (tertiary/aromatic N) is 4. The molecule has 1 atom stereocenters. The number of nitrogens with one attached hydrogen (secondary N) is 2. The molecule has 29 heavy (non-hydrogen) atoms. The second-order valence-electron chi connectivity index (χ2n) is 7.62. The predicted octanol–water partition coefficient (Wildman–Crippen LogP) is 3.61. The number of hydrogen-bond acceptors (Lipinski definition) is 4. The van der Waals surface area contributed by atoms with Crippen LogP contribution in [-0.4, -0.2) is 44.1 Å². The number of anilines is 1. The SMILES string of the molecule is CN1CCC[C@@H]1c1cc2cnc(NC(=O)c3ccc4c(F)nn(C)c4c3)cc2[nH]1. The van der Waals surface area contributed by atoms with Crippen LogP contribution in [0.1, 0.15) is 34.9 Å². The zero-order valence-corrected chi connectivity index (χ0v) is 16.2. The lowest BCUT2D eigenvalue weighted by Crippen LogP contribution is -2.17. The Bertz CT molecular complexity index is 1240. The highest BCUT2D eigenvalue weighted by molar-refractivity contribution is 6.06. The number of carbonyl (C=O) groups excluding carboxylic acids is 1. The number of pyridine rings is 1. The van der Waals surface area contributed by atoms with Crippen molar-refractivity contribution in [1.29, 1.82) is 0 Å². The monoisotopic (exact) mass is 392 g/mol. The number of rotatable bonds is 3. The summed E-state index contributed by atoms with van der Waals surface area (Å²) in [5.74, 6) is -0.383. The van der Waals surface area contributed by atoms with Crippen LogP contribution in [0, 0.1) is 5.95 Å². The lowest BCUT2D eigenvalue weighted by molar-refractivity contribution is 0.102. The molecule has 1 fully saturated rings. The summed E-state index contributed by atoms with van der Waals surface area (Å²) in [7, 11) is 3.78. The number of aryl methyl sites for hydroxylation is 1. The molecular formula is C21H21FN6O. The van der Waals surface area contributed by atoms with E-state index in [1.807, 2.05) is 6.07 Å². The third kappa shape index (κ3) is 3.05. The number of aromatic nitrogens is 4. The summed E-state index contributed by atoms with van der Waals surface area (Å²) in [6.07, 6.45) is 4.10. The first kappa shape index (κ1) is 17.8. The van der Waals surface area contributed by atoms with Crippen molar-refractivity contribution in [2.45, 2.75) is 18.9 Å². The van der Waals surface area contributed by atoms with Crippen molar-refractivity contribution in [3.8, 4) is 0 Å². The van der Waals surface area contributed by atoms with Crippen LogP contribution in [0.2, 0.25) is 0 Å². The second kappa shape index (κ2) is 6.66. The largest absolute Gasteiger partial charge is 0.357 e. The van der Waals surface area contributed by atoms with E-state index in [-0.39, 0.29) is 5.91 Å². The molecule has 0 unspecified atom stereocenters. The molecule has 4 aromatic rings. The topological polar surface area (TPSA) is 78.8 Å². The number of benzene rings is 1. The van der Waals surface area contributed by atoms with E-state index < -0.39 is 5.95 Å². The number of carbonyl (C=O) groups is 1. The number of amides is 1. The van der Waals surface area contributed by atoms with Crippen molar-refractivity contribution >= 4 is 33.5 Å². The minimum Gasteiger partial charge on any atom is -0.357 e. The van der Waals surface area contributed by atoms with Gasteiger partial charge < -0.3 is 10.3 Å². The highest BCUT2D eigenvalue weighted by Crippen LogP contribution is 2.32. The van der Waals surface area contributed by atoms with E-state index in [4.69, 9.17) is 0 Å². The number of halogens is 1. The van der Waals surface area contributed by atoms with E-state index in [0.717, 1.165) is 23.9 Å². The van der Waals surface area contributed by atoms with Gasteiger partial charge in [-0.1, -0.05) is 0 Å². The van der Waals surface area contributed by atoms with E-state index >= 15 is 0 Å². The quantitative estimate of drug-likeness (QED) is 0.558. The van der Waals surface area contributed by atoms with Gasteiger partial charge in [0.2, 0.25) is 5.95 Å². The molecule has 1 aromatic carbocycles. The van der Waals surface area contributed by atoms with Crippen LogP contribution in [0.25, 0.3) is 21.8 Å². The van der Waals surface area contributed by atoms with Gasteiger partial charge >= 0.3 is 0 Å². The van der Waals surface area contributed by atoms with Gasteiger partial charge in [-0.3, -0.25) is 14.4 Å². The fourth-order valence-electron chi connectivity index (χ4n) is 4.14. The van der Waals surface area contributed by atoms with E-state index in [0.29, 0.717) is 28.3 Å². The van der Waals surface area contributed by atoms with Gasteiger partial charge in [0.05, 0.1) is 16.4 Å². The molecule has 1 saturated heterocycles. The first-order valence-electron chi connectivity index (χ1n) is 9.62. The number of hydrogen-bond donors (Lipinski definition) is 2. The van der Waals surface area contributed by atoms with Crippen LogP contribution < -0.4 is 5.32 Å².